The molecule has 0 aromatic heterocycles. The molecule has 2 aromatic rings. The number of aryl methyl sites for hydroxylation is 1. The highest BCUT2D eigenvalue weighted by molar-refractivity contribution is 5.90. The lowest BCUT2D eigenvalue weighted by Crippen LogP contribution is -2.05. The molecule has 0 aliphatic rings. The van der Waals surface area contributed by atoms with E-state index < -0.39 is 17.7 Å². The van der Waals surface area contributed by atoms with Crippen LogP contribution < -0.4 is 0 Å². The van der Waals surface area contributed by atoms with Crippen LogP contribution >= 0.6 is 0 Å². The first-order valence-electron chi connectivity index (χ1n) is 6.39. The molecule has 116 valence electrons. The van der Waals surface area contributed by atoms with E-state index in [1.54, 1.807) is 0 Å². The predicted molar refractivity (Wildman–Crippen MR) is 74.5 cm³/mol. The standard InChI is InChI=1S/C16H13F3O3/c1-9-6-12(16(17,18)19)4-5-13(9)14-7-10(15(21)22)2-3-11(14)8-20/h2-7,20H,8H2,1H3,(H,21,22). The van der Waals surface area contributed by atoms with Crippen molar-refractivity contribution in [2.75, 3.05) is 0 Å². The van der Waals surface area contributed by atoms with E-state index >= 15 is 0 Å². The monoisotopic (exact) mass is 310 g/mol. The minimum atomic E-state index is -4.44. The van der Waals surface area contributed by atoms with Gasteiger partial charge in [0.2, 0.25) is 0 Å². The molecule has 0 fully saturated rings. The molecule has 22 heavy (non-hydrogen) atoms. The van der Waals surface area contributed by atoms with Crippen LogP contribution in [0.4, 0.5) is 13.2 Å². The molecular formula is C16H13F3O3. The van der Waals surface area contributed by atoms with Gasteiger partial charge >= 0.3 is 12.1 Å². The zero-order chi connectivity index (χ0) is 16.5. The molecule has 2 aromatic carbocycles. The molecule has 6 heteroatoms. The Morgan fingerprint density at radius 3 is 2.27 bits per heavy atom. The summed E-state index contributed by atoms with van der Waals surface area (Å²) in [5, 5.41) is 18.4. The average Bonchev–Trinajstić information content (AvgIpc) is 2.45. The highest BCUT2D eigenvalue weighted by atomic mass is 19.4. The number of carbonyl (C=O) groups is 1. The van der Waals surface area contributed by atoms with Crippen LogP contribution in [0.15, 0.2) is 36.4 Å². The van der Waals surface area contributed by atoms with Gasteiger partial charge in [0, 0.05) is 0 Å². The first-order valence-corrected chi connectivity index (χ1v) is 6.39. The van der Waals surface area contributed by atoms with Gasteiger partial charge in [-0.3, -0.25) is 0 Å². The van der Waals surface area contributed by atoms with Crippen LogP contribution in [-0.2, 0) is 12.8 Å². The van der Waals surface area contributed by atoms with Crippen LogP contribution in [0.2, 0.25) is 0 Å². The summed E-state index contributed by atoms with van der Waals surface area (Å²) in [5.74, 6) is -1.14. The lowest BCUT2D eigenvalue weighted by molar-refractivity contribution is -0.137. The number of alkyl halides is 3. The second-order valence-electron chi connectivity index (χ2n) is 4.86. The predicted octanol–water partition coefficient (Wildman–Crippen LogP) is 3.87. The number of rotatable bonds is 3. The normalized spacial score (nSPS) is 11.5. The first-order chi connectivity index (χ1) is 10.2. The van der Waals surface area contributed by atoms with Crippen LogP contribution in [0.1, 0.15) is 27.0 Å². The van der Waals surface area contributed by atoms with Crippen LogP contribution in [-0.4, -0.2) is 16.2 Å². The molecule has 0 atom stereocenters. The van der Waals surface area contributed by atoms with E-state index in [2.05, 4.69) is 0 Å². The fraction of sp³-hybridized carbons (Fsp3) is 0.188. The summed E-state index contributed by atoms with van der Waals surface area (Å²) in [7, 11) is 0. The van der Waals surface area contributed by atoms with Crippen LogP contribution in [0.3, 0.4) is 0 Å². The number of aromatic carboxylic acids is 1. The minimum Gasteiger partial charge on any atom is -0.478 e. The van der Waals surface area contributed by atoms with Gasteiger partial charge in [-0.05, 0) is 53.4 Å². The fourth-order valence-corrected chi connectivity index (χ4v) is 2.24. The van der Waals surface area contributed by atoms with Crippen molar-refractivity contribution in [2.45, 2.75) is 19.7 Å². The van der Waals surface area contributed by atoms with Gasteiger partial charge in [-0.1, -0.05) is 12.1 Å². The van der Waals surface area contributed by atoms with Gasteiger partial charge in [0.15, 0.2) is 0 Å². The lowest BCUT2D eigenvalue weighted by atomic mass is 9.93. The van der Waals surface area contributed by atoms with Crippen molar-refractivity contribution >= 4 is 5.97 Å². The third-order valence-electron chi connectivity index (χ3n) is 3.37. The molecule has 0 radical (unpaired) electrons. The number of benzene rings is 2. The smallest absolute Gasteiger partial charge is 0.416 e. The van der Waals surface area contributed by atoms with E-state index in [0.717, 1.165) is 12.1 Å². The number of halogens is 3. The quantitative estimate of drug-likeness (QED) is 0.904. The molecule has 0 aliphatic carbocycles. The lowest BCUT2D eigenvalue weighted by Gasteiger charge is -2.14. The van der Waals surface area contributed by atoms with Crippen molar-refractivity contribution in [2.24, 2.45) is 0 Å². The highest BCUT2D eigenvalue weighted by Crippen LogP contribution is 2.34. The summed E-state index contributed by atoms with van der Waals surface area (Å²) in [6, 6.07) is 7.38. The molecule has 0 bridgehead atoms. The second kappa shape index (κ2) is 5.81. The Balaban J connectivity index is 2.60. The zero-order valence-electron chi connectivity index (χ0n) is 11.6. The number of hydrogen-bond donors (Lipinski definition) is 2. The third kappa shape index (κ3) is 3.12. The average molecular weight is 310 g/mol. The van der Waals surface area contributed by atoms with Gasteiger partial charge < -0.3 is 10.2 Å². The minimum absolute atomic E-state index is 0.00602. The molecule has 0 amide bonds. The molecule has 0 aliphatic heterocycles. The number of aliphatic hydroxyl groups is 1. The number of carboxylic acids is 1. The van der Waals surface area contributed by atoms with E-state index in [9.17, 15) is 23.1 Å². The topological polar surface area (TPSA) is 57.5 Å². The van der Waals surface area contributed by atoms with Gasteiger partial charge in [0.1, 0.15) is 0 Å². The Morgan fingerprint density at radius 1 is 1.09 bits per heavy atom. The maximum atomic E-state index is 12.7. The van der Waals surface area contributed by atoms with E-state index in [1.165, 1.54) is 31.2 Å². The van der Waals surface area contributed by atoms with Crippen molar-refractivity contribution in [3.8, 4) is 11.1 Å². The Kier molecular flexibility index (Phi) is 4.23. The molecule has 0 unspecified atom stereocenters. The maximum absolute atomic E-state index is 12.7. The van der Waals surface area contributed by atoms with Gasteiger partial charge in [-0.2, -0.15) is 13.2 Å². The molecule has 0 spiro atoms. The Labute approximate surface area is 124 Å². The van der Waals surface area contributed by atoms with Crippen molar-refractivity contribution in [3.63, 3.8) is 0 Å². The highest BCUT2D eigenvalue weighted by Gasteiger charge is 2.30. The van der Waals surface area contributed by atoms with Gasteiger partial charge in [-0.15, -0.1) is 0 Å². The third-order valence-corrected chi connectivity index (χ3v) is 3.37. The largest absolute Gasteiger partial charge is 0.478 e. The van der Waals surface area contributed by atoms with Gasteiger partial charge in [0.25, 0.3) is 0 Å². The van der Waals surface area contributed by atoms with Crippen molar-refractivity contribution in [3.05, 3.63) is 58.7 Å². The Morgan fingerprint density at radius 2 is 1.77 bits per heavy atom. The SMILES string of the molecule is Cc1cc(C(F)(F)F)ccc1-c1cc(C(=O)O)ccc1CO. The van der Waals surface area contributed by atoms with Crippen LogP contribution in [0, 0.1) is 6.92 Å². The summed E-state index contributed by atoms with van der Waals surface area (Å²) >= 11 is 0. The number of aliphatic hydroxyl groups excluding tert-OH is 1. The van der Waals surface area contributed by atoms with E-state index in [-0.39, 0.29) is 12.2 Å². The van der Waals surface area contributed by atoms with E-state index in [1.807, 2.05) is 0 Å². The Bertz CT molecular complexity index is 721. The summed E-state index contributed by atoms with van der Waals surface area (Å²) in [4.78, 5) is 11.0. The molecular weight excluding hydrogens is 297 g/mol. The van der Waals surface area contributed by atoms with Gasteiger partial charge in [-0.25, -0.2) is 4.79 Å². The first kappa shape index (κ1) is 16.0. The molecule has 0 saturated heterocycles. The number of carboxylic acid groups (broad SMARTS) is 1. The summed E-state index contributed by atoms with van der Waals surface area (Å²) in [5.41, 5.74) is 0.911. The van der Waals surface area contributed by atoms with E-state index in [0.29, 0.717) is 22.3 Å². The molecule has 0 saturated carbocycles. The molecule has 2 rings (SSSR count). The second-order valence-corrected chi connectivity index (χ2v) is 4.86. The summed E-state index contributed by atoms with van der Waals surface area (Å²) in [6.07, 6.45) is -4.44. The van der Waals surface area contributed by atoms with Crippen LogP contribution in [0.25, 0.3) is 11.1 Å². The van der Waals surface area contributed by atoms with Crippen molar-refractivity contribution < 1.29 is 28.2 Å². The van der Waals surface area contributed by atoms with Crippen molar-refractivity contribution in [1.82, 2.24) is 0 Å². The molecule has 3 nitrogen and oxygen atoms in total. The molecule has 0 heterocycles. The maximum Gasteiger partial charge on any atom is 0.416 e. The fourth-order valence-electron chi connectivity index (χ4n) is 2.24. The van der Waals surface area contributed by atoms with E-state index in [4.69, 9.17) is 5.11 Å². The van der Waals surface area contributed by atoms with Crippen LogP contribution in [0.5, 0.6) is 0 Å². The summed E-state index contributed by atoms with van der Waals surface area (Å²) in [6.45, 7) is 1.18. The molecule has 2 N–H and O–H groups in total. The zero-order valence-corrected chi connectivity index (χ0v) is 11.6. The van der Waals surface area contributed by atoms with Gasteiger partial charge in [0.05, 0.1) is 17.7 Å². The summed E-state index contributed by atoms with van der Waals surface area (Å²) < 4.78 is 38.1. The Hall–Kier alpha value is -2.34. The van der Waals surface area contributed by atoms with Crippen molar-refractivity contribution in [1.29, 1.82) is 0 Å². The number of hydrogen-bond acceptors (Lipinski definition) is 2.